The highest BCUT2D eigenvalue weighted by atomic mass is 32.2. The highest BCUT2D eigenvalue weighted by molar-refractivity contribution is 7.84. The molecule has 0 radical (unpaired) electrons. The van der Waals surface area contributed by atoms with Crippen LogP contribution in [0.3, 0.4) is 0 Å². The molecular formula is C18H30N4O3S. The van der Waals surface area contributed by atoms with Gasteiger partial charge in [-0.05, 0) is 23.8 Å². The van der Waals surface area contributed by atoms with Gasteiger partial charge in [0.25, 0.3) is 0 Å². The van der Waals surface area contributed by atoms with E-state index < -0.39 is 10.3 Å². The molecule has 0 unspecified atom stereocenters. The first-order chi connectivity index (χ1) is 12.5. The lowest BCUT2D eigenvalue weighted by Crippen LogP contribution is -2.12. The minimum absolute atomic E-state index is 0.264. The minimum Gasteiger partial charge on any atom is -0.383 e. The average Bonchev–Trinajstić information content (AvgIpc) is 3.05. The summed E-state index contributed by atoms with van der Waals surface area (Å²) in [5, 5.41) is 10.7. The lowest BCUT2D eigenvalue weighted by Gasteiger charge is -2.07. The van der Waals surface area contributed by atoms with E-state index in [-0.39, 0.29) is 5.52 Å². The minimum atomic E-state index is -4.43. The van der Waals surface area contributed by atoms with Gasteiger partial charge in [-0.3, -0.25) is 4.55 Å². The second-order valence-electron chi connectivity index (χ2n) is 6.69. The number of hydrogen-bond acceptors (Lipinski definition) is 5. The lowest BCUT2D eigenvalue weighted by molar-refractivity contribution is 0.466. The fraction of sp³-hybridized carbons (Fsp3) is 0.667. The van der Waals surface area contributed by atoms with Crippen LogP contribution in [0.15, 0.2) is 18.2 Å². The number of anilines is 1. The molecule has 8 heteroatoms. The molecule has 2 N–H and O–H groups in total. The number of unbranched alkanes of at least 4 members (excludes halogenated alkanes) is 9. The second kappa shape index (κ2) is 10.5. The van der Waals surface area contributed by atoms with Crippen LogP contribution in [-0.2, 0) is 10.3 Å². The van der Waals surface area contributed by atoms with Crippen LogP contribution in [0.25, 0.3) is 11.0 Å². The van der Waals surface area contributed by atoms with E-state index in [0.717, 1.165) is 18.7 Å². The van der Waals surface area contributed by atoms with E-state index in [4.69, 9.17) is 4.55 Å². The van der Waals surface area contributed by atoms with Crippen LogP contribution in [0.5, 0.6) is 0 Å². The van der Waals surface area contributed by atoms with Crippen molar-refractivity contribution in [2.75, 3.05) is 11.9 Å². The van der Waals surface area contributed by atoms with Gasteiger partial charge in [-0.2, -0.15) is 8.42 Å². The van der Waals surface area contributed by atoms with Crippen molar-refractivity contribution < 1.29 is 13.0 Å². The quantitative estimate of drug-likeness (QED) is 0.393. The summed E-state index contributed by atoms with van der Waals surface area (Å²) >= 11 is 0. The maximum atomic E-state index is 11.3. The van der Waals surface area contributed by atoms with E-state index in [9.17, 15) is 8.42 Å². The zero-order valence-electron chi connectivity index (χ0n) is 15.5. The van der Waals surface area contributed by atoms with E-state index in [1.165, 1.54) is 57.8 Å². The van der Waals surface area contributed by atoms with Crippen molar-refractivity contribution in [2.45, 2.75) is 71.1 Å². The van der Waals surface area contributed by atoms with E-state index in [1.54, 1.807) is 12.1 Å². The molecule has 0 amide bonds. The zero-order valence-corrected chi connectivity index (χ0v) is 16.3. The Morgan fingerprint density at radius 1 is 1.00 bits per heavy atom. The summed E-state index contributed by atoms with van der Waals surface area (Å²) in [5.41, 5.74) is 1.44. The molecule has 26 heavy (non-hydrogen) atoms. The van der Waals surface area contributed by atoms with Crippen LogP contribution in [-0.4, -0.2) is 33.9 Å². The number of aromatic nitrogens is 3. The molecule has 0 saturated heterocycles. The normalized spacial score (nSPS) is 11.9. The van der Waals surface area contributed by atoms with Crippen molar-refractivity contribution in [3.05, 3.63) is 18.2 Å². The molecule has 0 aliphatic heterocycles. The Labute approximate surface area is 156 Å². The molecule has 1 aromatic heterocycles. The van der Waals surface area contributed by atoms with Crippen LogP contribution in [0, 0.1) is 0 Å². The zero-order chi connectivity index (χ0) is 18.8. The third kappa shape index (κ3) is 6.25. The molecule has 2 aromatic rings. The van der Waals surface area contributed by atoms with Gasteiger partial charge >= 0.3 is 10.3 Å². The fourth-order valence-electron chi connectivity index (χ4n) is 3.07. The van der Waals surface area contributed by atoms with E-state index in [2.05, 4.69) is 22.6 Å². The van der Waals surface area contributed by atoms with Gasteiger partial charge in [-0.25, -0.2) is 0 Å². The Bertz CT molecular complexity index is 774. The molecule has 0 aliphatic rings. The van der Waals surface area contributed by atoms with Crippen molar-refractivity contribution in [2.24, 2.45) is 0 Å². The number of benzene rings is 1. The van der Waals surface area contributed by atoms with Gasteiger partial charge in [-0.1, -0.05) is 70.8 Å². The van der Waals surface area contributed by atoms with Gasteiger partial charge in [0.1, 0.15) is 11.0 Å². The van der Waals surface area contributed by atoms with Gasteiger partial charge in [0.05, 0.1) is 5.69 Å². The summed E-state index contributed by atoms with van der Waals surface area (Å²) in [5.74, 6) is 0. The average molecular weight is 383 g/mol. The molecule has 1 heterocycles. The lowest BCUT2D eigenvalue weighted by atomic mass is 10.1. The van der Waals surface area contributed by atoms with Gasteiger partial charge in [0, 0.05) is 6.54 Å². The summed E-state index contributed by atoms with van der Waals surface area (Å²) in [6, 6.07) is 5.12. The molecule has 1 aromatic carbocycles. The summed E-state index contributed by atoms with van der Waals surface area (Å²) in [6.45, 7) is 3.04. The van der Waals surface area contributed by atoms with Crippen molar-refractivity contribution in [3.63, 3.8) is 0 Å². The van der Waals surface area contributed by atoms with Gasteiger partial charge in [0.15, 0.2) is 0 Å². The van der Waals surface area contributed by atoms with Crippen LogP contribution in [0.2, 0.25) is 0 Å². The van der Waals surface area contributed by atoms with Crippen molar-refractivity contribution >= 4 is 27.0 Å². The van der Waals surface area contributed by atoms with Gasteiger partial charge in [0.2, 0.25) is 0 Å². The molecule has 146 valence electrons. The third-order valence-corrected chi connectivity index (χ3v) is 5.22. The number of fused-ring (bicyclic) bond motifs is 1. The van der Waals surface area contributed by atoms with Gasteiger partial charge < -0.3 is 5.32 Å². The highest BCUT2D eigenvalue weighted by Gasteiger charge is 2.16. The Morgan fingerprint density at radius 3 is 2.23 bits per heavy atom. The van der Waals surface area contributed by atoms with Crippen LogP contribution >= 0.6 is 0 Å². The third-order valence-electron chi connectivity index (χ3n) is 4.51. The molecule has 2 rings (SSSR count). The van der Waals surface area contributed by atoms with E-state index in [0.29, 0.717) is 9.60 Å². The smallest absolute Gasteiger partial charge is 0.380 e. The predicted octanol–water partition coefficient (Wildman–Crippen LogP) is 4.42. The summed E-state index contributed by atoms with van der Waals surface area (Å²) in [7, 11) is -4.43. The first kappa shape index (κ1) is 20.6. The first-order valence-electron chi connectivity index (χ1n) is 9.60. The molecule has 0 saturated carbocycles. The molecule has 0 bridgehead atoms. The monoisotopic (exact) mass is 382 g/mol. The Morgan fingerprint density at radius 2 is 1.62 bits per heavy atom. The summed E-state index contributed by atoms with van der Waals surface area (Å²) in [6.07, 6.45) is 12.8. The molecule has 0 fully saturated rings. The summed E-state index contributed by atoms with van der Waals surface area (Å²) < 4.78 is 32.2. The Balaban J connectivity index is 1.68. The highest BCUT2D eigenvalue weighted by Crippen LogP contribution is 2.21. The SMILES string of the molecule is CCCCCCCCCCCCNc1cccc2c1nnn2S(=O)(=O)O. The van der Waals surface area contributed by atoms with Crippen molar-refractivity contribution in [3.8, 4) is 0 Å². The number of nitrogens with zero attached hydrogens (tertiary/aromatic N) is 3. The van der Waals surface area contributed by atoms with Crippen LogP contribution in [0.1, 0.15) is 71.1 Å². The van der Waals surface area contributed by atoms with Crippen LogP contribution < -0.4 is 5.32 Å². The first-order valence-corrected chi connectivity index (χ1v) is 11.0. The molecule has 0 atom stereocenters. The molecule has 0 spiro atoms. The molecule has 7 nitrogen and oxygen atoms in total. The standard InChI is InChI=1S/C18H30N4O3S/c1-2-3-4-5-6-7-8-9-10-11-15-19-16-13-12-14-17-18(16)20-21-22(17)26(23,24)25/h12-14,19H,2-11,15H2,1H3,(H,23,24,25). The topological polar surface area (TPSA) is 97.1 Å². The molecular weight excluding hydrogens is 352 g/mol. The van der Waals surface area contributed by atoms with E-state index >= 15 is 0 Å². The Kier molecular flexibility index (Phi) is 8.31. The number of nitrogens with one attached hydrogen (secondary N) is 1. The van der Waals surface area contributed by atoms with Gasteiger partial charge in [-0.15, -0.1) is 9.19 Å². The predicted molar refractivity (Wildman–Crippen MR) is 105 cm³/mol. The fourth-order valence-corrected chi connectivity index (χ4v) is 3.60. The maximum absolute atomic E-state index is 11.3. The van der Waals surface area contributed by atoms with Crippen LogP contribution in [0.4, 0.5) is 5.69 Å². The van der Waals surface area contributed by atoms with Crippen molar-refractivity contribution in [1.29, 1.82) is 0 Å². The number of hydrogen-bond donors (Lipinski definition) is 2. The van der Waals surface area contributed by atoms with E-state index in [1.807, 2.05) is 6.07 Å². The summed E-state index contributed by atoms with van der Waals surface area (Å²) in [4.78, 5) is 0. The Hall–Kier alpha value is -1.67. The second-order valence-corrected chi connectivity index (χ2v) is 7.93. The maximum Gasteiger partial charge on any atom is 0.380 e. The van der Waals surface area contributed by atoms with Crippen molar-refractivity contribution in [1.82, 2.24) is 14.4 Å². The molecule has 0 aliphatic carbocycles. The number of rotatable bonds is 13. The largest absolute Gasteiger partial charge is 0.383 e.